The second kappa shape index (κ2) is 7.70. The molecule has 150 valence electrons. The molecule has 0 aliphatic heterocycles. The Labute approximate surface area is 180 Å². The van der Waals surface area contributed by atoms with E-state index >= 15 is 0 Å². The monoisotopic (exact) mass is 444 g/mol. The highest BCUT2D eigenvalue weighted by atomic mass is 32.2. The van der Waals surface area contributed by atoms with E-state index < -0.39 is 0 Å². The van der Waals surface area contributed by atoms with Crippen molar-refractivity contribution in [3.63, 3.8) is 0 Å². The molecule has 0 bridgehead atoms. The van der Waals surface area contributed by atoms with Crippen LogP contribution < -0.4 is 5.56 Å². The van der Waals surface area contributed by atoms with E-state index in [-0.39, 0.29) is 5.56 Å². The van der Waals surface area contributed by atoms with Crippen LogP contribution in [0.1, 0.15) is 36.5 Å². The molecule has 5 rings (SSSR count). The lowest BCUT2D eigenvalue weighted by Crippen LogP contribution is -2.23. The van der Waals surface area contributed by atoms with Crippen LogP contribution in [0.25, 0.3) is 21.7 Å². The SMILES string of the molecule is CCn1c(SCc2noc(-c3ccsc3)n2)nc2sc3c(c2c1=O)CCC(C)C3. The highest BCUT2D eigenvalue weighted by molar-refractivity contribution is 7.98. The Morgan fingerprint density at radius 3 is 3.07 bits per heavy atom. The second-order valence-corrected chi connectivity index (χ2v) is 10.1. The summed E-state index contributed by atoms with van der Waals surface area (Å²) in [6.45, 7) is 4.86. The second-order valence-electron chi connectivity index (χ2n) is 7.29. The van der Waals surface area contributed by atoms with Crippen LogP contribution in [0.5, 0.6) is 0 Å². The summed E-state index contributed by atoms with van der Waals surface area (Å²) in [4.78, 5) is 24.8. The van der Waals surface area contributed by atoms with E-state index in [4.69, 9.17) is 9.51 Å². The summed E-state index contributed by atoms with van der Waals surface area (Å²) in [6.07, 6.45) is 3.18. The van der Waals surface area contributed by atoms with Gasteiger partial charge in [-0.3, -0.25) is 9.36 Å². The first-order valence-electron chi connectivity index (χ1n) is 9.67. The predicted molar refractivity (Wildman–Crippen MR) is 118 cm³/mol. The molecule has 1 aliphatic rings. The van der Waals surface area contributed by atoms with Crippen molar-refractivity contribution in [2.75, 3.05) is 0 Å². The van der Waals surface area contributed by atoms with Gasteiger partial charge in [0, 0.05) is 16.8 Å². The van der Waals surface area contributed by atoms with Crippen molar-refractivity contribution < 1.29 is 4.52 Å². The van der Waals surface area contributed by atoms with Crippen molar-refractivity contribution in [1.82, 2.24) is 19.7 Å². The van der Waals surface area contributed by atoms with E-state index in [1.54, 1.807) is 27.2 Å². The molecule has 9 heteroatoms. The number of hydrogen-bond acceptors (Lipinski definition) is 8. The Balaban J connectivity index is 1.46. The molecular weight excluding hydrogens is 424 g/mol. The maximum atomic E-state index is 13.2. The summed E-state index contributed by atoms with van der Waals surface area (Å²) in [7, 11) is 0. The zero-order valence-corrected chi connectivity index (χ0v) is 18.6. The average Bonchev–Trinajstić information content (AvgIpc) is 3.44. The molecule has 4 heterocycles. The van der Waals surface area contributed by atoms with Gasteiger partial charge in [-0.05, 0) is 49.1 Å². The van der Waals surface area contributed by atoms with Crippen molar-refractivity contribution >= 4 is 44.7 Å². The van der Waals surface area contributed by atoms with Gasteiger partial charge in [-0.15, -0.1) is 11.3 Å². The largest absolute Gasteiger partial charge is 0.334 e. The Morgan fingerprint density at radius 2 is 2.28 bits per heavy atom. The Bertz CT molecular complexity index is 1220. The molecule has 0 radical (unpaired) electrons. The lowest BCUT2D eigenvalue weighted by molar-refractivity contribution is 0.425. The van der Waals surface area contributed by atoms with Gasteiger partial charge in [0.05, 0.1) is 16.7 Å². The molecule has 0 N–H and O–H groups in total. The van der Waals surface area contributed by atoms with Crippen LogP contribution >= 0.6 is 34.4 Å². The minimum atomic E-state index is 0.0825. The van der Waals surface area contributed by atoms with Gasteiger partial charge in [-0.2, -0.15) is 16.3 Å². The molecule has 1 aliphatic carbocycles. The highest BCUT2D eigenvalue weighted by Crippen LogP contribution is 2.36. The number of aryl methyl sites for hydroxylation is 1. The Morgan fingerprint density at radius 1 is 1.38 bits per heavy atom. The van der Waals surface area contributed by atoms with Gasteiger partial charge in [-0.1, -0.05) is 23.8 Å². The standard InChI is InChI=1S/C20H20N4O2S3/c1-3-24-19(25)16-13-5-4-11(2)8-14(13)29-18(16)22-20(24)28-10-15-21-17(26-23-15)12-6-7-27-9-12/h6-7,9,11H,3-5,8,10H2,1-2H3. The lowest BCUT2D eigenvalue weighted by atomic mass is 9.89. The fraction of sp³-hybridized carbons (Fsp3) is 0.400. The van der Waals surface area contributed by atoms with Gasteiger partial charge >= 0.3 is 0 Å². The van der Waals surface area contributed by atoms with Gasteiger partial charge in [0.2, 0.25) is 0 Å². The van der Waals surface area contributed by atoms with E-state index in [0.717, 1.165) is 40.2 Å². The van der Waals surface area contributed by atoms with E-state index in [9.17, 15) is 4.79 Å². The fourth-order valence-electron chi connectivity index (χ4n) is 3.74. The molecule has 0 saturated heterocycles. The van der Waals surface area contributed by atoms with Crippen molar-refractivity contribution in [2.45, 2.75) is 50.6 Å². The van der Waals surface area contributed by atoms with E-state index in [2.05, 4.69) is 17.1 Å². The zero-order valence-electron chi connectivity index (χ0n) is 16.2. The molecular formula is C20H20N4O2S3. The van der Waals surface area contributed by atoms with Crippen LogP contribution in [-0.2, 0) is 25.1 Å². The summed E-state index contributed by atoms with van der Waals surface area (Å²) < 4.78 is 7.13. The third kappa shape index (κ3) is 3.45. The Kier molecular flexibility index (Phi) is 5.05. The third-order valence-electron chi connectivity index (χ3n) is 5.26. The normalized spacial score (nSPS) is 16.4. The molecule has 29 heavy (non-hydrogen) atoms. The lowest BCUT2D eigenvalue weighted by Gasteiger charge is -2.17. The van der Waals surface area contributed by atoms with Crippen molar-refractivity contribution in [3.05, 3.63) is 43.4 Å². The van der Waals surface area contributed by atoms with Crippen LogP contribution in [0.15, 0.2) is 31.3 Å². The first kappa shape index (κ1) is 19.0. The zero-order chi connectivity index (χ0) is 20.0. The minimum absolute atomic E-state index is 0.0825. The Hall–Kier alpha value is -1.97. The summed E-state index contributed by atoms with van der Waals surface area (Å²) in [5.41, 5.74) is 2.25. The van der Waals surface area contributed by atoms with Crippen LogP contribution in [-0.4, -0.2) is 19.7 Å². The molecule has 4 aromatic heterocycles. The first-order valence-corrected chi connectivity index (χ1v) is 12.4. The van der Waals surface area contributed by atoms with Crippen LogP contribution in [0.4, 0.5) is 0 Å². The minimum Gasteiger partial charge on any atom is -0.334 e. The number of aromatic nitrogens is 4. The number of thiophene rings is 2. The summed E-state index contributed by atoms with van der Waals surface area (Å²) in [5, 5.41) is 9.59. The number of hydrogen-bond donors (Lipinski definition) is 0. The molecule has 6 nitrogen and oxygen atoms in total. The van der Waals surface area contributed by atoms with Gasteiger partial charge in [0.15, 0.2) is 11.0 Å². The number of rotatable bonds is 5. The van der Waals surface area contributed by atoms with Crippen LogP contribution in [0.3, 0.4) is 0 Å². The third-order valence-corrected chi connectivity index (χ3v) is 8.07. The smallest absolute Gasteiger partial charge is 0.263 e. The van der Waals surface area contributed by atoms with E-state index in [1.165, 1.54) is 22.2 Å². The number of nitrogens with zero attached hydrogens (tertiary/aromatic N) is 4. The van der Waals surface area contributed by atoms with Gasteiger partial charge in [0.25, 0.3) is 11.4 Å². The molecule has 0 amide bonds. The fourth-order valence-corrected chi connectivity index (χ4v) is 6.70. The summed E-state index contributed by atoms with van der Waals surface area (Å²) in [6, 6.07) is 1.96. The summed E-state index contributed by atoms with van der Waals surface area (Å²) >= 11 is 4.77. The van der Waals surface area contributed by atoms with Crippen molar-refractivity contribution in [1.29, 1.82) is 0 Å². The van der Waals surface area contributed by atoms with Crippen molar-refractivity contribution in [3.8, 4) is 11.5 Å². The molecule has 4 aromatic rings. The molecule has 1 atom stereocenters. The van der Waals surface area contributed by atoms with Crippen LogP contribution in [0.2, 0.25) is 0 Å². The number of thioether (sulfide) groups is 1. The molecule has 0 spiro atoms. The topological polar surface area (TPSA) is 73.8 Å². The average molecular weight is 445 g/mol. The van der Waals surface area contributed by atoms with Crippen LogP contribution in [0, 0.1) is 5.92 Å². The number of fused-ring (bicyclic) bond motifs is 3. The predicted octanol–water partition coefficient (Wildman–Crippen LogP) is 5.01. The van der Waals surface area contributed by atoms with Gasteiger partial charge in [-0.25, -0.2) is 4.98 Å². The first-order chi connectivity index (χ1) is 14.1. The summed E-state index contributed by atoms with van der Waals surface area (Å²) in [5.74, 6) is 2.31. The molecule has 0 fully saturated rings. The van der Waals surface area contributed by atoms with Gasteiger partial charge in [0.1, 0.15) is 4.83 Å². The molecule has 0 aromatic carbocycles. The molecule has 0 saturated carbocycles. The highest BCUT2D eigenvalue weighted by Gasteiger charge is 2.24. The maximum absolute atomic E-state index is 13.2. The van der Waals surface area contributed by atoms with E-state index in [0.29, 0.717) is 29.9 Å². The quantitative estimate of drug-likeness (QED) is 0.318. The van der Waals surface area contributed by atoms with E-state index in [1.807, 2.05) is 23.8 Å². The van der Waals surface area contributed by atoms with Crippen molar-refractivity contribution in [2.24, 2.45) is 5.92 Å². The molecule has 1 unspecified atom stereocenters. The maximum Gasteiger partial charge on any atom is 0.263 e. The van der Waals surface area contributed by atoms with Gasteiger partial charge < -0.3 is 4.52 Å².